The summed E-state index contributed by atoms with van der Waals surface area (Å²) in [7, 11) is 0. The van der Waals surface area contributed by atoms with Gasteiger partial charge in [0.2, 0.25) is 11.8 Å². The minimum Gasteiger partial charge on any atom is -0.273 e. The number of hydrogen-bond donors (Lipinski definition) is 0. The quantitative estimate of drug-likeness (QED) is 0.614. The number of nitro groups is 2. The third-order valence-electron chi connectivity index (χ3n) is 3.14. The van der Waals surface area contributed by atoms with E-state index in [2.05, 4.69) is 0 Å². The highest BCUT2D eigenvalue weighted by atomic mass is 16.6. The van der Waals surface area contributed by atoms with Gasteiger partial charge in [-0.1, -0.05) is 6.08 Å². The molecule has 0 aliphatic carbocycles. The SMILES string of the molecule is C/C=C(/C)N(C(C)=O)N(C(C)=O)c1ccc([N+](=O)[O-])cc1[N+](=O)[O-]. The molecule has 1 aromatic rings. The Balaban J connectivity index is 3.67. The van der Waals surface area contributed by atoms with E-state index in [1.54, 1.807) is 19.9 Å². The molecular weight excluding hydrogens is 320 g/mol. The Bertz CT molecular complexity index is 743. The molecule has 10 heteroatoms. The van der Waals surface area contributed by atoms with Gasteiger partial charge in [-0.25, -0.2) is 10.0 Å². The molecule has 0 unspecified atom stereocenters. The van der Waals surface area contributed by atoms with E-state index in [9.17, 15) is 29.8 Å². The molecule has 0 saturated heterocycles. The predicted octanol–water partition coefficient (Wildman–Crippen LogP) is 2.54. The van der Waals surface area contributed by atoms with E-state index in [0.29, 0.717) is 5.70 Å². The fraction of sp³-hybridized carbons (Fsp3) is 0.286. The van der Waals surface area contributed by atoms with Crippen LogP contribution in [0, 0.1) is 20.2 Å². The Hall–Kier alpha value is -3.30. The number of nitrogens with zero attached hydrogens (tertiary/aromatic N) is 4. The monoisotopic (exact) mass is 336 g/mol. The number of nitro benzene ring substituents is 2. The van der Waals surface area contributed by atoms with Crippen LogP contribution in [-0.2, 0) is 9.59 Å². The van der Waals surface area contributed by atoms with Gasteiger partial charge < -0.3 is 0 Å². The van der Waals surface area contributed by atoms with Crippen LogP contribution >= 0.6 is 0 Å². The average molecular weight is 336 g/mol. The van der Waals surface area contributed by atoms with Gasteiger partial charge in [-0.3, -0.25) is 29.8 Å². The molecule has 0 heterocycles. The van der Waals surface area contributed by atoms with E-state index >= 15 is 0 Å². The second-order valence-electron chi connectivity index (χ2n) is 4.78. The molecule has 1 rings (SSSR count). The number of allylic oxidation sites excluding steroid dienone is 2. The predicted molar refractivity (Wildman–Crippen MR) is 84.9 cm³/mol. The minimum atomic E-state index is -0.846. The summed E-state index contributed by atoms with van der Waals surface area (Å²) >= 11 is 0. The molecule has 0 spiro atoms. The highest BCUT2D eigenvalue weighted by Gasteiger charge is 2.31. The molecule has 0 aliphatic heterocycles. The third kappa shape index (κ3) is 3.72. The zero-order valence-corrected chi connectivity index (χ0v) is 13.5. The Kier molecular flexibility index (Phi) is 5.71. The Morgan fingerprint density at radius 1 is 1.04 bits per heavy atom. The lowest BCUT2D eigenvalue weighted by Gasteiger charge is -2.33. The van der Waals surface area contributed by atoms with Crippen LogP contribution in [0.3, 0.4) is 0 Å². The standard InChI is InChI=1S/C14H16N4O6/c1-5-9(2)15(10(3)19)16(11(4)20)13-7-6-12(17(21)22)8-14(13)18(23)24/h5-8H,1-4H3/b9-5-. The fourth-order valence-electron chi connectivity index (χ4n) is 2.04. The zero-order chi connectivity index (χ0) is 18.6. The normalized spacial score (nSPS) is 10.9. The highest BCUT2D eigenvalue weighted by Crippen LogP contribution is 2.34. The largest absolute Gasteiger partial charge is 0.301 e. The summed E-state index contributed by atoms with van der Waals surface area (Å²) in [4.78, 5) is 44.5. The Morgan fingerprint density at radius 2 is 1.62 bits per heavy atom. The van der Waals surface area contributed by atoms with E-state index in [1.807, 2.05) is 0 Å². The molecule has 1 aromatic carbocycles. The molecule has 0 fully saturated rings. The van der Waals surface area contributed by atoms with Gasteiger partial charge in [-0.2, -0.15) is 0 Å². The third-order valence-corrected chi connectivity index (χ3v) is 3.14. The molecular formula is C14H16N4O6. The fourth-order valence-corrected chi connectivity index (χ4v) is 2.04. The van der Waals surface area contributed by atoms with Gasteiger partial charge in [-0.05, 0) is 19.9 Å². The van der Waals surface area contributed by atoms with Crippen LogP contribution in [0.15, 0.2) is 30.0 Å². The molecule has 0 radical (unpaired) electrons. The highest BCUT2D eigenvalue weighted by molar-refractivity contribution is 5.97. The van der Waals surface area contributed by atoms with Gasteiger partial charge in [0.05, 0.1) is 15.9 Å². The van der Waals surface area contributed by atoms with E-state index in [1.165, 1.54) is 6.92 Å². The van der Waals surface area contributed by atoms with E-state index in [4.69, 9.17) is 0 Å². The maximum absolute atomic E-state index is 12.1. The van der Waals surface area contributed by atoms with E-state index in [-0.39, 0.29) is 5.69 Å². The zero-order valence-electron chi connectivity index (χ0n) is 13.5. The van der Waals surface area contributed by atoms with Crippen LogP contribution in [0.25, 0.3) is 0 Å². The maximum atomic E-state index is 12.1. The second-order valence-corrected chi connectivity index (χ2v) is 4.78. The Labute approximate surface area is 137 Å². The molecule has 0 bridgehead atoms. The van der Waals surface area contributed by atoms with Crippen molar-refractivity contribution in [3.05, 3.63) is 50.2 Å². The lowest BCUT2D eigenvalue weighted by atomic mass is 10.2. The molecule has 24 heavy (non-hydrogen) atoms. The molecule has 0 aromatic heterocycles. The molecule has 0 aliphatic rings. The number of rotatable bonds is 4. The van der Waals surface area contributed by atoms with Crippen molar-refractivity contribution in [2.75, 3.05) is 5.01 Å². The first-order valence-electron chi connectivity index (χ1n) is 6.78. The molecule has 0 N–H and O–H groups in total. The summed E-state index contributed by atoms with van der Waals surface area (Å²) in [6, 6.07) is 2.84. The number of benzene rings is 1. The van der Waals surface area contributed by atoms with Crippen molar-refractivity contribution in [1.82, 2.24) is 5.01 Å². The van der Waals surface area contributed by atoms with Crippen LogP contribution in [0.4, 0.5) is 17.1 Å². The molecule has 10 nitrogen and oxygen atoms in total. The van der Waals surface area contributed by atoms with Crippen molar-refractivity contribution in [2.45, 2.75) is 27.7 Å². The van der Waals surface area contributed by atoms with Crippen molar-refractivity contribution in [1.29, 1.82) is 0 Å². The van der Waals surface area contributed by atoms with Gasteiger partial charge in [0.15, 0.2) is 0 Å². The van der Waals surface area contributed by atoms with Crippen molar-refractivity contribution >= 4 is 28.9 Å². The van der Waals surface area contributed by atoms with Crippen LogP contribution < -0.4 is 5.01 Å². The summed E-state index contributed by atoms with van der Waals surface area (Å²) in [5, 5.41) is 23.9. The molecule has 0 saturated carbocycles. The van der Waals surface area contributed by atoms with Crippen LogP contribution in [0.1, 0.15) is 27.7 Å². The summed E-state index contributed by atoms with van der Waals surface area (Å²) < 4.78 is 0. The molecule has 2 amide bonds. The summed E-state index contributed by atoms with van der Waals surface area (Å²) in [6.07, 6.45) is 1.55. The first kappa shape index (κ1) is 18.7. The maximum Gasteiger partial charge on any atom is 0.301 e. The van der Waals surface area contributed by atoms with Crippen molar-refractivity contribution in [2.24, 2.45) is 0 Å². The topological polar surface area (TPSA) is 127 Å². The van der Waals surface area contributed by atoms with Gasteiger partial charge >= 0.3 is 5.69 Å². The number of carbonyl (C=O) groups excluding carboxylic acids is 2. The van der Waals surface area contributed by atoms with Crippen LogP contribution in [0.2, 0.25) is 0 Å². The molecule has 128 valence electrons. The number of anilines is 1. The van der Waals surface area contributed by atoms with Crippen molar-refractivity contribution in [3.8, 4) is 0 Å². The van der Waals surface area contributed by atoms with Gasteiger partial charge in [0, 0.05) is 25.6 Å². The summed E-state index contributed by atoms with van der Waals surface area (Å²) in [5.74, 6) is -1.21. The first-order chi connectivity index (χ1) is 11.1. The number of hydrogen-bond acceptors (Lipinski definition) is 6. The minimum absolute atomic E-state index is 0.241. The summed E-state index contributed by atoms with van der Waals surface area (Å²) in [6.45, 7) is 5.51. The lowest BCUT2D eigenvalue weighted by Crippen LogP contribution is -2.47. The number of carbonyl (C=O) groups is 2. The van der Waals surface area contributed by atoms with E-state index in [0.717, 1.165) is 35.1 Å². The number of non-ortho nitro benzene ring substituents is 1. The van der Waals surface area contributed by atoms with E-state index < -0.39 is 33.0 Å². The smallest absolute Gasteiger partial charge is 0.273 e. The van der Waals surface area contributed by atoms with Crippen LogP contribution in [-0.4, -0.2) is 26.7 Å². The van der Waals surface area contributed by atoms with Crippen molar-refractivity contribution < 1.29 is 19.4 Å². The molecule has 0 atom stereocenters. The average Bonchev–Trinajstić information content (AvgIpc) is 2.50. The van der Waals surface area contributed by atoms with Crippen LogP contribution in [0.5, 0.6) is 0 Å². The Morgan fingerprint density at radius 3 is 2.00 bits per heavy atom. The summed E-state index contributed by atoms with van der Waals surface area (Å²) in [5.41, 5.74) is -1.03. The first-order valence-corrected chi connectivity index (χ1v) is 6.78. The van der Waals surface area contributed by atoms with Crippen molar-refractivity contribution in [3.63, 3.8) is 0 Å². The number of amides is 2. The second kappa shape index (κ2) is 7.31. The van der Waals surface area contributed by atoms with Gasteiger partial charge in [0.25, 0.3) is 5.69 Å². The van der Waals surface area contributed by atoms with Gasteiger partial charge in [-0.15, -0.1) is 0 Å². The number of hydrazine groups is 1. The lowest BCUT2D eigenvalue weighted by molar-refractivity contribution is -0.393. The van der Waals surface area contributed by atoms with Gasteiger partial charge in [0.1, 0.15) is 5.69 Å².